The summed E-state index contributed by atoms with van der Waals surface area (Å²) in [6, 6.07) is 23.5. The zero-order valence-electron chi connectivity index (χ0n) is 29.9. The van der Waals surface area contributed by atoms with Gasteiger partial charge >= 0.3 is 11.9 Å². The number of esters is 2. The molecule has 3 aromatic rings. The Morgan fingerprint density at radius 3 is 2.32 bits per heavy atom. The minimum Gasteiger partial charge on any atom is -0.459 e. The lowest BCUT2D eigenvalue weighted by Gasteiger charge is -2.43. The van der Waals surface area contributed by atoms with Gasteiger partial charge in [-0.15, -0.1) is 0 Å². The lowest BCUT2D eigenvalue weighted by molar-refractivity contribution is -0.276. The summed E-state index contributed by atoms with van der Waals surface area (Å²) in [5, 5.41) is 12.4. The maximum atomic E-state index is 13.1. The average molecular weight is 687 g/mol. The third-order valence-electron chi connectivity index (χ3n) is 9.20. The van der Waals surface area contributed by atoms with Crippen molar-refractivity contribution < 1.29 is 38.4 Å². The van der Waals surface area contributed by atoms with Crippen molar-refractivity contribution in [1.29, 1.82) is 0 Å². The van der Waals surface area contributed by atoms with Crippen LogP contribution in [0.2, 0.25) is 0 Å². The molecule has 0 radical (unpaired) electrons. The molecule has 1 amide bonds. The molecule has 0 bridgehead atoms. The summed E-state index contributed by atoms with van der Waals surface area (Å²) < 4.78 is 24.1. The molecule has 5 rings (SSSR count). The maximum absolute atomic E-state index is 13.1. The highest BCUT2D eigenvalue weighted by Crippen LogP contribution is 2.42. The Balaban J connectivity index is 1.33. The third-order valence-corrected chi connectivity index (χ3v) is 9.20. The smallest absolute Gasteiger partial charge is 0.323 e. The van der Waals surface area contributed by atoms with Crippen LogP contribution in [0.3, 0.4) is 0 Å². The van der Waals surface area contributed by atoms with Gasteiger partial charge in [0.1, 0.15) is 11.6 Å². The first-order valence-electron chi connectivity index (χ1n) is 17.4. The monoisotopic (exact) mass is 686 g/mol. The second kappa shape index (κ2) is 16.3. The van der Waals surface area contributed by atoms with Crippen LogP contribution in [-0.2, 0) is 46.5 Å². The summed E-state index contributed by atoms with van der Waals surface area (Å²) in [6.45, 7) is 12.2. The van der Waals surface area contributed by atoms with Crippen LogP contribution in [0.1, 0.15) is 89.0 Å². The molecule has 10 heteroatoms. The van der Waals surface area contributed by atoms with Gasteiger partial charge in [-0.05, 0) is 81.0 Å². The predicted octanol–water partition coefficient (Wildman–Crippen LogP) is 6.01. The van der Waals surface area contributed by atoms with Crippen LogP contribution >= 0.6 is 0 Å². The minimum atomic E-state index is -0.865. The van der Waals surface area contributed by atoms with E-state index in [1.165, 1.54) is 6.92 Å². The second-order valence-corrected chi connectivity index (χ2v) is 14.3. The van der Waals surface area contributed by atoms with Crippen molar-refractivity contribution >= 4 is 17.8 Å². The molecular formula is C40H50N2O8. The Bertz CT molecular complexity index is 1620. The molecule has 0 aliphatic carbocycles. The number of aliphatic hydroxyl groups excluding tert-OH is 1. The quantitative estimate of drug-likeness (QED) is 0.234. The van der Waals surface area contributed by atoms with Gasteiger partial charge in [-0.1, -0.05) is 73.7 Å². The molecule has 0 aromatic heterocycles. The largest absolute Gasteiger partial charge is 0.459 e. The molecule has 0 saturated carbocycles. The molecule has 2 aliphatic heterocycles. The number of hydrogen-bond donors (Lipinski definition) is 2. The highest BCUT2D eigenvalue weighted by molar-refractivity contribution is 5.83. The number of carbonyl (C=O) groups is 3. The van der Waals surface area contributed by atoms with Gasteiger partial charge in [0.05, 0.1) is 18.8 Å². The van der Waals surface area contributed by atoms with Crippen LogP contribution in [0.25, 0.3) is 11.1 Å². The van der Waals surface area contributed by atoms with Crippen molar-refractivity contribution in [3.05, 3.63) is 95.1 Å². The predicted molar refractivity (Wildman–Crippen MR) is 188 cm³/mol. The minimum absolute atomic E-state index is 0.0226. The van der Waals surface area contributed by atoms with E-state index in [-0.39, 0.29) is 42.7 Å². The van der Waals surface area contributed by atoms with Gasteiger partial charge in [0.15, 0.2) is 12.4 Å². The molecule has 2 N–H and O–H groups in total. The average Bonchev–Trinajstić information content (AvgIpc) is 3.56. The number of nitrogens with zero attached hydrogens (tertiary/aromatic N) is 1. The van der Waals surface area contributed by atoms with Gasteiger partial charge in [-0.3, -0.25) is 19.3 Å². The Hall–Kier alpha value is -4.09. The Morgan fingerprint density at radius 1 is 0.960 bits per heavy atom. The summed E-state index contributed by atoms with van der Waals surface area (Å²) in [5.74, 6) is -1.08. The van der Waals surface area contributed by atoms with Crippen molar-refractivity contribution in [1.82, 2.24) is 10.2 Å². The van der Waals surface area contributed by atoms with E-state index in [4.69, 9.17) is 18.9 Å². The van der Waals surface area contributed by atoms with Crippen molar-refractivity contribution in [3.8, 4) is 11.1 Å². The zero-order chi connectivity index (χ0) is 36.0. The highest BCUT2D eigenvalue weighted by Gasteiger charge is 2.42. The topological polar surface area (TPSA) is 124 Å². The lowest BCUT2D eigenvalue weighted by atomic mass is 9.89. The number of nitrogens with one attached hydrogen (secondary N) is 1. The van der Waals surface area contributed by atoms with Gasteiger partial charge in [-0.25, -0.2) is 0 Å². The van der Waals surface area contributed by atoms with Crippen LogP contribution in [0.5, 0.6) is 0 Å². The number of hydrogen-bond acceptors (Lipinski definition) is 9. The lowest BCUT2D eigenvalue weighted by Crippen LogP contribution is -2.48. The fourth-order valence-electron chi connectivity index (χ4n) is 6.57. The first kappa shape index (κ1) is 37.2. The van der Waals surface area contributed by atoms with Crippen molar-refractivity contribution in [2.45, 2.75) is 104 Å². The van der Waals surface area contributed by atoms with E-state index in [0.717, 1.165) is 52.8 Å². The molecule has 268 valence electrons. The highest BCUT2D eigenvalue weighted by atomic mass is 16.7. The molecule has 10 nitrogen and oxygen atoms in total. The standard InChI is InChI=1S/C40H50N2O8/c1-25-35(23-42-20-8-11-34(42)38(46)50-40(4,5)6)48-39(49-36(25)31-14-12-28(24-43)13-15-31)32-18-16-30(17-19-32)33-10-7-9-29(21-33)22-41-37(45)26(2)47-27(3)44/h7,9-10,12-19,21,25-26,34-36,39,43H,8,11,20,22-24H2,1-6H3,(H,41,45)/t25-,26+,34+,35+,36+,39+/m1/s1. The van der Waals surface area contributed by atoms with E-state index in [1.807, 2.05) is 93.6 Å². The summed E-state index contributed by atoms with van der Waals surface area (Å²) in [7, 11) is 0. The molecule has 0 spiro atoms. The number of ether oxygens (including phenoxy) is 4. The van der Waals surface area contributed by atoms with Gasteiger partial charge in [0.25, 0.3) is 5.91 Å². The van der Waals surface area contributed by atoms with E-state index < -0.39 is 24.0 Å². The van der Waals surface area contributed by atoms with Crippen molar-refractivity contribution in [2.24, 2.45) is 5.92 Å². The van der Waals surface area contributed by atoms with Gasteiger partial charge < -0.3 is 29.4 Å². The number of carbonyl (C=O) groups excluding carboxylic acids is 3. The fourth-order valence-corrected chi connectivity index (χ4v) is 6.57. The summed E-state index contributed by atoms with van der Waals surface area (Å²) in [6.07, 6.45) is -0.338. The molecular weight excluding hydrogens is 636 g/mol. The van der Waals surface area contributed by atoms with Crippen LogP contribution in [0.4, 0.5) is 0 Å². The van der Waals surface area contributed by atoms with Gasteiger partial charge in [0.2, 0.25) is 0 Å². The Labute approximate surface area is 295 Å². The molecule has 3 aromatic carbocycles. The maximum Gasteiger partial charge on any atom is 0.323 e. The number of aliphatic hydroxyl groups is 1. The van der Waals surface area contributed by atoms with E-state index in [0.29, 0.717) is 13.1 Å². The summed E-state index contributed by atoms with van der Waals surface area (Å²) in [4.78, 5) is 38.9. The van der Waals surface area contributed by atoms with Gasteiger partial charge in [0, 0.05) is 31.5 Å². The first-order valence-corrected chi connectivity index (χ1v) is 17.4. The number of rotatable bonds is 11. The third kappa shape index (κ3) is 9.57. The van der Waals surface area contributed by atoms with E-state index in [9.17, 15) is 19.5 Å². The van der Waals surface area contributed by atoms with E-state index >= 15 is 0 Å². The molecule has 2 saturated heterocycles. The number of benzene rings is 3. The number of amides is 1. The summed E-state index contributed by atoms with van der Waals surface area (Å²) >= 11 is 0. The van der Waals surface area contributed by atoms with Gasteiger partial charge in [-0.2, -0.15) is 0 Å². The van der Waals surface area contributed by atoms with E-state index in [1.54, 1.807) is 6.92 Å². The molecule has 6 atom stereocenters. The van der Waals surface area contributed by atoms with Crippen molar-refractivity contribution in [3.63, 3.8) is 0 Å². The van der Waals surface area contributed by atoms with Crippen LogP contribution in [0, 0.1) is 5.92 Å². The second-order valence-electron chi connectivity index (χ2n) is 14.3. The Morgan fingerprint density at radius 2 is 1.66 bits per heavy atom. The van der Waals surface area contributed by atoms with Crippen LogP contribution in [0.15, 0.2) is 72.8 Å². The Kier molecular flexibility index (Phi) is 12.1. The van der Waals surface area contributed by atoms with Crippen molar-refractivity contribution in [2.75, 3.05) is 13.1 Å². The molecule has 2 heterocycles. The molecule has 2 aliphatic rings. The zero-order valence-corrected chi connectivity index (χ0v) is 29.9. The molecule has 0 unspecified atom stereocenters. The molecule has 2 fully saturated rings. The SMILES string of the molecule is CC(=O)O[C@@H](C)C(=O)NCc1cccc(-c2ccc([C@H]3O[C@@H](CN4CCC[C@H]4C(=O)OC(C)(C)C)[C@@H](C)[C@@H](c4ccc(CO)cc4)O3)cc2)c1. The normalized spacial score (nSPS) is 23.2. The summed E-state index contributed by atoms with van der Waals surface area (Å²) in [5.41, 5.74) is 5.03. The fraction of sp³-hybridized carbons (Fsp3) is 0.475. The number of likely N-dealkylation sites (tertiary alicyclic amines) is 1. The van der Waals surface area contributed by atoms with Crippen LogP contribution < -0.4 is 5.32 Å². The molecule has 50 heavy (non-hydrogen) atoms. The van der Waals surface area contributed by atoms with Crippen LogP contribution in [-0.4, -0.2) is 64.8 Å². The first-order chi connectivity index (χ1) is 23.8. The van der Waals surface area contributed by atoms with E-state index in [2.05, 4.69) is 17.1 Å².